The van der Waals surface area contributed by atoms with Gasteiger partial charge in [0.1, 0.15) is 0 Å². The molecule has 12 rings (SSSR count). The van der Waals surface area contributed by atoms with Crippen LogP contribution in [0.4, 0.5) is 0 Å². The van der Waals surface area contributed by atoms with Gasteiger partial charge < -0.3 is 0 Å². The molecule has 3 aromatic heterocycles. The van der Waals surface area contributed by atoms with E-state index in [-0.39, 0.29) is 0 Å². The van der Waals surface area contributed by atoms with Gasteiger partial charge in [-0.3, -0.25) is 0 Å². The molecule has 0 saturated carbocycles. The molecule has 0 bridgehead atoms. The molecule has 0 radical (unpaired) electrons. The second kappa shape index (κ2) is 12.5. The van der Waals surface area contributed by atoms with Crippen LogP contribution < -0.4 is 17.6 Å². The zero-order valence-corrected chi connectivity index (χ0v) is 32.9. The summed E-state index contributed by atoms with van der Waals surface area (Å²) < 4.78 is 14.4. The first-order valence-electron chi connectivity index (χ1n) is 19.4. The Morgan fingerprint density at radius 3 is 1.88 bits per heavy atom. The minimum absolute atomic E-state index is 0.730. The van der Waals surface area contributed by atoms with Crippen molar-refractivity contribution in [3.63, 3.8) is 0 Å². The molecule has 0 N–H and O–H groups in total. The Hall–Kier alpha value is -7.02. The summed E-state index contributed by atoms with van der Waals surface area (Å²) in [5.41, 5.74) is 10.4. The molecule has 266 valence electrons. The van der Waals surface area contributed by atoms with Gasteiger partial charge in [0.25, 0.3) is 0 Å². The van der Waals surface area contributed by atoms with Crippen LogP contribution in [-0.2, 0) is 0 Å². The van der Waals surface area contributed by atoms with E-state index in [0.717, 1.165) is 77.8 Å². The summed E-state index contributed by atoms with van der Waals surface area (Å²) in [4.78, 5) is 11.2. The molecule has 5 heteroatoms. The molecule has 1 aliphatic heterocycles. The molecule has 0 atom stereocenters. The third kappa shape index (κ3) is 4.62. The summed E-state index contributed by atoms with van der Waals surface area (Å²) in [5, 5.41) is 4.54. The molecular formula is C52H33GeN3O. The van der Waals surface area contributed by atoms with Gasteiger partial charge in [-0.2, -0.15) is 0 Å². The van der Waals surface area contributed by atoms with E-state index in [2.05, 4.69) is 193 Å². The Kier molecular flexibility index (Phi) is 7.07. The van der Waals surface area contributed by atoms with E-state index in [1.165, 1.54) is 23.1 Å². The number of benzene rings is 8. The second-order valence-electron chi connectivity index (χ2n) is 14.9. The first-order chi connectivity index (χ1) is 28.3. The van der Waals surface area contributed by atoms with Crippen molar-refractivity contribution >= 4 is 74.6 Å². The number of rotatable bonds is 5. The van der Waals surface area contributed by atoms with Crippen LogP contribution >= 0.6 is 0 Å². The van der Waals surface area contributed by atoms with E-state index >= 15 is 0 Å². The summed E-state index contributed by atoms with van der Waals surface area (Å²) in [6, 6.07) is 72.2. The molecule has 0 aliphatic carbocycles. The predicted octanol–water partition coefficient (Wildman–Crippen LogP) is 10.2. The van der Waals surface area contributed by atoms with E-state index in [1.807, 2.05) is 12.1 Å². The van der Waals surface area contributed by atoms with Crippen molar-refractivity contribution in [2.24, 2.45) is 0 Å². The fourth-order valence-corrected chi connectivity index (χ4v) is 20.5. The van der Waals surface area contributed by atoms with Crippen molar-refractivity contribution in [1.29, 1.82) is 0 Å². The van der Waals surface area contributed by atoms with Crippen molar-refractivity contribution in [2.75, 3.05) is 0 Å². The maximum absolute atomic E-state index is 6.64. The van der Waals surface area contributed by atoms with Gasteiger partial charge in [0, 0.05) is 0 Å². The molecule has 11 aromatic rings. The van der Waals surface area contributed by atoms with Crippen LogP contribution in [0.1, 0.15) is 0 Å². The van der Waals surface area contributed by atoms with Crippen LogP contribution in [0.5, 0.6) is 0 Å². The van der Waals surface area contributed by atoms with Crippen LogP contribution in [0.3, 0.4) is 0 Å². The molecule has 0 saturated heterocycles. The maximum atomic E-state index is 6.64. The van der Waals surface area contributed by atoms with E-state index in [4.69, 9.17) is 14.4 Å². The molecule has 0 spiro atoms. The number of fused-ring (bicyclic) bond motifs is 10. The molecule has 4 heterocycles. The van der Waals surface area contributed by atoms with Crippen LogP contribution in [0.25, 0.3) is 83.3 Å². The zero-order valence-electron chi connectivity index (χ0n) is 30.8. The summed E-state index contributed by atoms with van der Waals surface area (Å²) >= 11 is -3.73. The zero-order chi connectivity index (χ0) is 37.5. The van der Waals surface area contributed by atoms with Crippen molar-refractivity contribution in [3.05, 3.63) is 200 Å². The predicted molar refractivity (Wildman–Crippen MR) is 237 cm³/mol. The van der Waals surface area contributed by atoms with E-state index in [1.54, 1.807) is 0 Å². The van der Waals surface area contributed by atoms with Gasteiger partial charge in [0.15, 0.2) is 0 Å². The normalized spacial score (nSPS) is 13.1. The fraction of sp³-hybridized carbons (Fsp3) is 0. The molecule has 0 amide bonds. The Bertz CT molecular complexity index is 3310. The number of nitrogens with zero attached hydrogens (tertiary/aromatic N) is 3. The van der Waals surface area contributed by atoms with Gasteiger partial charge in [-0.05, 0) is 0 Å². The number of aromatic nitrogens is 3. The van der Waals surface area contributed by atoms with Crippen molar-refractivity contribution < 1.29 is 4.42 Å². The van der Waals surface area contributed by atoms with Crippen LogP contribution in [0, 0.1) is 0 Å². The van der Waals surface area contributed by atoms with Crippen molar-refractivity contribution in [3.8, 4) is 39.6 Å². The Balaban J connectivity index is 1.18. The van der Waals surface area contributed by atoms with Crippen LogP contribution in [0.15, 0.2) is 205 Å². The molecule has 0 fully saturated rings. The SMILES string of the molecule is c1ccc(-c2nc(-c3cccc(-n4c5ccccc5c5c6oc7ccccc7c6ccc54)c3)[c]3c(n2)-c2cccc[c]2[Ge]3([c]2ccccc2)[c]2ccccc2)cc1. The minimum atomic E-state index is -3.73. The van der Waals surface area contributed by atoms with Gasteiger partial charge in [-0.25, -0.2) is 0 Å². The van der Waals surface area contributed by atoms with Gasteiger partial charge >= 0.3 is 321 Å². The van der Waals surface area contributed by atoms with E-state index in [0.29, 0.717) is 0 Å². The summed E-state index contributed by atoms with van der Waals surface area (Å²) in [5.74, 6) is 0.730. The molecule has 1 aliphatic rings. The number of hydrogen-bond donors (Lipinski definition) is 0. The third-order valence-corrected chi connectivity index (χ3v) is 22.1. The van der Waals surface area contributed by atoms with Crippen molar-refractivity contribution in [2.45, 2.75) is 0 Å². The van der Waals surface area contributed by atoms with E-state index in [9.17, 15) is 0 Å². The Morgan fingerprint density at radius 2 is 1.09 bits per heavy atom. The standard InChI is InChI=1S/C52H33GeN3O/c1-4-17-34(18-5-1)52-54-49(48-50(55-52)41-26-10-13-28-43(41)53(48,36-20-6-2-7-21-36)37-22-8-3-9-23-37)35-19-16-24-38(33-35)56-44-29-14-11-27-42(44)47-45(56)32-31-40-39-25-12-15-30-46(39)57-51(40)47/h1-33H. The molecule has 57 heavy (non-hydrogen) atoms. The van der Waals surface area contributed by atoms with Gasteiger partial charge in [0.05, 0.1) is 0 Å². The van der Waals surface area contributed by atoms with E-state index < -0.39 is 13.3 Å². The number of hydrogen-bond acceptors (Lipinski definition) is 3. The summed E-state index contributed by atoms with van der Waals surface area (Å²) in [6.45, 7) is 0. The van der Waals surface area contributed by atoms with Gasteiger partial charge in [-0.1, -0.05) is 12.1 Å². The topological polar surface area (TPSA) is 43.9 Å². The average molecular weight is 788 g/mol. The summed E-state index contributed by atoms with van der Waals surface area (Å²) in [6.07, 6.45) is 0. The monoisotopic (exact) mass is 789 g/mol. The number of furan rings is 1. The first-order valence-corrected chi connectivity index (χ1v) is 23.6. The first kappa shape index (κ1) is 32.2. The van der Waals surface area contributed by atoms with Crippen LogP contribution in [-0.4, -0.2) is 27.8 Å². The van der Waals surface area contributed by atoms with Gasteiger partial charge in [-0.15, -0.1) is 0 Å². The van der Waals surface area contributed by atoms with Gasteiger partial charge in [0.2, 0.25) is 0 Å². The third-order valence-electron chi connectivity index (χ3n) is 11.9. The second-order valence-corrected chi connectivity index (χ2v) is 22.6. The fourth-order valence-electron chi connectivity index (χ4n) is 9.54. The Labute approximate surface area is 331 Å². The molecule has 8 aromatic carbocycles. The van der Waals surface area contributed by atoms with Crippen molar-refractivity contribution in [1.82, 2.24) is 14.5 Å². The number of para-hydroxylation sites is 2. The van der Waals surface area contributed by atoms with Crippen LogP contribution in [0.2, 0.25) is 0 Å². The molecular weight excluding hydrogens is 755 g/mol. The molecule has 4 nitrogen and oxygen atoms in total. The Morgan fingerprint density at radius 1 is 0.456 bits per heavy atom. The summed E-state index contributed by atoms with van der Waals surface area (Å²) in [7, 11) is 0. The average Bonchev–Trinajstić information content (AvgIpc) is 3.94. The molecule has 0 unspecified atom stereocenters. The quantitative estimate of drug-likeness (QED) is 0.163.